The van der Waals surface area contributed by atoms with E-state index in [9.17, 15) is 9.59 Å². The van der Waals surface area contributed by atoms with Crippen LogP contribution in [-0.4, -0.2) is 34.0 Å². The van der Waals surface area contributed by atoms with Gasteiger partial charge in [0.25, 0.3) is 0 Å². The topological polar surface area (TPSA) is 83.6 Å². The second-order valence-corrected chi connectivity index (χ2v) is 3.24. The number of carboxylic acids is 1. The van der Waals surface area contributed by atoms with Crippen LogP contribution >= 0.6 is 0 Å². The van der Waals surface area contributed by atoms with Crippen LogP contribution in [0.2, 0.25) is 0 Å². The first kappa shape index (κ1) is 10.1. The molecule has 1 aliphatic heterocycles. The third-order valence-electron chi connectivity index (χ3n) is 2.56. The van der Waals surface area contributed by atoms with E-state index in [1.165, 1.54) is 0 Å². The van der Waals surface area contributed by atoms with E-state index in [1.54, 1.807) is 6.92 Å². The van der Waals surface area contributed by atoms with E-state index >= 15 is 0 Å². The minimum Gasteiger partial charge on any atom is -0.479 e. The predicted molar refractivity (Wildman–Crippen MR) is 45.8 cm³/mol. The third kappa shape index (κ3) is 1.34. The molecule has 1 heterocycles. The van der Waals surface area contributed by atoms with Crippen LogP contribution in [0.4, 0.5) is 0 Å². The average molecular weight is 186 g/mol. The zero-order chi connectivity index (χ0) is 10.1. The van der Waals surface area contributed by atoms with Crippen molar-refractivity contribution < 1.29 is 14.7 Å². The van der Waals surface area contributed by atoms with Crippen molar-refractivity contribution in [1.29, 1.82) is 0 Å². The summed E-state index contributed by atoms with van der Waals surface area (Å²) in [7, 11) is 0. The first-order valence-electron chi connectivity index (χ1n) is 4.34. The average Bonchev–Trinajstić information content (AvgIpc) is 2.47. The summed E-state index contributed by atoms with van der Waals surface area (Å²) in [5, 5.41) is 10.1. The smallest absolute Gasteiger partial charge is 0.333 e. The second kappa shape index (κ2) is 3.43. The highest BCUT2D eigenvalue weighted by molar-refractivity contribution is 6.07. The Morgan fingerprint density at radius 3 is 2.54 bits per heavy atom. The van der Waals surface area contributed by atoms with Crippen LogP contribution in [0.5, 0.6) is 0 Å². The lowest BCUT2D eigenvalue weighted by molar-refractivity contribution is -0.155. The van der Waals surface area contributed by atoms with Gasteiger partial charge in [-0.2, -0.15) is 0 Å². The number of aliphatic carboxylic acids is 1. The van der Waals surface area contributed by atoms with Gasteiger partial charge in [-0.15, -0.1) is 0 Å². The van der Waals surface area contributed by atoms with Gasteiger partial charge in [-0.05, 0) is 12.8 Å². The van der Waals surface area contributed by atoms with Crippen molar-refractivity contribution in [3.05, 3.63) is 0 Å². The summed E-state index contributed by atoms with van der Waals surface area (Å²) in [6, 6.07) is 0. The number of hydrogen-bond donors (Lipinski definition) is 2. The number of carboxylic acid groups (broad SMARTS) is 1. The van der Waals surface area contributed by atoms with Gasteiger partial charge in [-0.1, -0.05) is 6.92 Å². The molecule has 0 aromatic heterocycles. The van der Waals surface area contributed by atoms with Crippen LogP contribution in [-0.2, 0) is 9.59 Å². The van der Waals surface area contributed by atoms with E-state index in [2.05, 4.69) is 0 Å². The van der Waals surface area contributed by atoms with Crippen LogP contribution < -0.4 is 5.84 Å². The lowest BCUT2D eigenvalue weighted by atomic mass is 9.90. The molecule has 5 nitrogen and oxygen atoms in total. The zero-order valence-corrected chi connectivity index (χ0v) is 7.62. The number of carbonyl (C=O) groups excluding carboxylic acids is 1. The Hall–Kier alpha value is -0.940. The monoisotopic (exact) mass is 186 g/mol. The highest BCUT2D eigenvalue weighted by Crippen LogP contribution is 2.28. The first-order valence-corrected chi connectivity index (χ1v) is 4.34. The van der Waals surface area contributed by atoms with Gasteiger partial charge in [-0.25, -0.2) is 9.80 Å². The van der Waals surface area contributed by atoms with Gasteiger partial charge in [0.15, 0.2) is 11.3 Å². The van der Waals surface area contributed by atoms with Gasteiger partial charge in [0.2, 0.25) is 0 Å². The summed E-state index contributed by atoms with van der Waals surface area (Å²) in [4.78, 5) is 22.5. The fourth-order valence-electron chi connectivity index (χ4n) is 1.78. The normalized spacial score (nSPS) is 29.1. The van der Waals surface area contributed by atoms with Gasteiger partial charge < -0.3 is 5.11 Å². The maximum absolute atomic E-state index is 11.5. The second-order valence-electron chi connectivity index (χ2n) is 3.24. The van der Waals surface area contributed by atoms with E-state index in [4.69, 9.17) is 10.9 Å². The molecule has 0 aromatic carbocycles. The lowest BCUT2D eigenvalue weighted by Crippen LogP contribution is -2.59. The van der Waals surface area contributed by atoms with Crippen molar-refractivity contribution in [2.24, 2.45) is 5.84 Å². The number of nitrogens with two attached hydrogens (primary N) is 1. The number of nitrogens with zero attached hydrogens (tertiary/aromatic N) is 1. The summed E-state index contributed by atoms with van der Waals surface area (Å²) < 4.78 is 0. The Morgan fingerprint density at radius 2 is 2.23 bits per heavy atom. The van der Waals surface area contributed by atoms with Crippen LogP contribution in [0, 0.1) is 0 Å². The SMILES string of the molecule is CCC(=O)C1(C(=O)O)CCCN1N. The van der Waals surface area contributed by atoms with E-state index in [1.807, 2.05) is 0 Å². The van der Waals surface area contributed by atoms with Crippen LogP contribution in [0.3, 0.4) is 0 Å². The number of hydrogen-bond acceptors (Lipinski definition) is 4. The van der Waals surface area contributed by atoms with Gasteiger partial charge >= 0.3 is 5.97 Å². The number of hydrazine groups is 1. The summed E-state index contributed by atoms with van der Waals surface area (Å²) in [6.45, 7) is 2.12. The lowest BCUT2D eigenvalue weighted by Gasteiger charge is -2.29. The fraction of sp³-hybridized carbons (Fsp3) is 0.750. The Kier molecular flexibility index (Phi) is 2.68. The Labute approximate surface area is 76.5 Å². The van der Waals surface area contributed by atoms with E-state index in [-0.39, 0.29) is 12.2 Å². The zero-order valence-electron chi connectivity index (χ0n) is 7.62. The van der Waals surface area contributed by atoms with Gasteiger partial charge in [0.05, 0.1) is 0 Å². The molecule has 13 heavy (non-hydrogen) atoms. The molecule has 1 rings (SSSR count). The molecule has 1 fully saturated rings. The summed E-state index contributed by atoms with van der Waals surface area (Å²) in [5.41, 5.74) is -1.45. The van der Waals surface area contributed by atoms with Gasteiger partial charge in [0, 0.05) is 13.0 Å². The standard InChI is InChI=1S/C8H14N2O3/c1-2-6(11)8(7(12)13)4-3-5-10(8)9/h2-5,9H2,1H3,(H,12,13). The Balaban J connectivity index is 3.00. The number of carbonyl (C=O) groups is 2. The molecule has 1 unspecified atom stereocenters. The molecule has 0 aliphatic carbocycles. The Bertz CT molecular complexity index is 242. The largest absolute Gasteiger partial charge is 0.479 e. The van der Waals surface area contributed by atoms with Crippen LogP contribution in [0.1, 0.15) is 26.2 Å². The molecule has 1 atom stereocenters. The molecular weight excluding hydrogens is 172 g/mol. The Morgan fingerprint density at radius 1 is 1.62 bits per heavy atom. The van der Waals surface area contributed by atoms with Crippen molar-refractivity contribution in [2.75, 3.05) is 6.54 Å². The van der Waals surface area contributed by atoms with Crippen LogP contribution in [0.25, 0.3) is 0 Å². The molecule has 0 aromatic rings. The minimum atomic E-state index is -1.45. The molecule has 1 saturated heterocycles. The van der Waals surface area contributed by atoms with E-state index in [0.29, 0.717) is 19.4 Å². The summed E-state index contributed by atoms with van der Waals surface area (Å²) in [6.07, 6.45) is 1.19. The van der Waals surface area contributed by atoms with Crippen molar-refractivity contribution in [3.8, 4) is 0 Å². The van der Waals surface area contributed by atoms with Crippen molar-refractivity contribution in [3.63, 3.8) is 0 Å². The molecule has 74 valence electrons. The molecule has 1 aliphatic rings. The molecule has 0 bridgehead atoms. The maximum atomic E-state index is 11.5. The third-order valence-corrected chi connectivity index (χ3v) is 2.56. The quantitative estimate of drug-likeness (QED) is 0.469. The number of rotatable bonds is 3. The van der Waals surface area contributed by atoms with Crippen molar-refractivity contribution in [1.82, 2.24) is 5.01 Å². The summed E-state index contributed by atoms with van der Waals surface area (Å²) >= 11 is 0. The number of ketones is 1. The molecule has 0 amide bonds. The highest BCUT2D eigenvalue weighted by atomic mass is 16.4. The molecule has 3 N–H and O–H groups in total. The molecule has 5 heteroatoms. The first-order chi connectivity index (χ1) is 6.05. The van der Waals surface area contributed by atoms with E-state index < -0.39 is 11.5 Å². The fourth-order valence-corrected chi connectivity index (χ4v) is 1.78. The van der Waals surface area contributed by atoms with Crippen LogP contribution in [0.15, 0.2) is 0 Å². The molecule has 0 radical (unpaired) electrons. The predicted octanol–water partition coefficient (Wildman–Crippen LogP) is -0.242. The molecular formula is C8H14N2O3. The molecule has 0 spiro atoms. The minimum absolute atomic E-state index is 0.208. The number of Topliss-reactive ketones (excluding diaryl/α,β-unsaturated/α-hetero) is 1. The van der Waals surface area contributed by atoms with E-state index in [0.717, 1.165) is 5.01 Å². The van der Waals surface area contributed by atoms with Gasteiger partial charge in [0.1, 0.15) is 0 Å². The van der Waals surface area contributed by atoms with Crippen molar-refractivity contribution in [2.45, 2.75) is 31.7 Å². The maximum Gasteiger partial charge on any atom is 0.333 e. The highest BCUT2D eigenvalue weighted by Gasteiger charge is 2.51. The van der Waals surface area contributed by atoms with Gasteiger partial charge in [-0.3, -0.25) is 10.6 Å². The molecule has 0 saturated carbocycles. The summed E-state index contributed by atoms with van der Waals surface area (Å²) in [5.74, 6) is 4.09. The van der Waals surface area contributed by atoms with Crippen molar-refractivity contribution >= 4 is 11.8 Å².